The van der Waals surface area contributed by atoms with E-state index in [0.717, 1.165) is 27.9 Å². The van der Waals surface area contributed by atoms with E-state index < -0.39 is 0 Å². The van der Waals surface area contributed by atoms with Gasteiger partial charge in [-0.15, -0.1) is 0 Å². The molecule has 4 rings (SSSR count). The lowest BCUT2D eigenvalue weighted by Crippen LogP contribution is -1.86. The van der Waals surface area contributed by atoms with Gasteiger partial charge in [0, 0.05) is 10.9 Å². The van der Waals surface area contributed by atoms with Gasteiger partial charge in [0.05, 0.1) is 18.3 Å². The summed E-state index contributed by atoms with van der Waals surface area (Å²) in [7, 11) is 1.69. The van der Waals surface area contributed by atoms with Crippen LogP contribution in [0.3, 0.4) is 0 Å². The molecular weight excluding hydrogens is 270 g/mol. The smallest absolute Gasteiger partial charge is 0.119 e. The molecule has 2 heteroatoms. The number of hydrogen-bond donors (Lipinski definition) is 0. The van der Waals surface area contributed by atoms with E-state index in [1.165, 1.54) is 10.8 Å². The van der Waals surface area contributed by atoms with Gasteiger partial charge in [-0.3, -0.25) is 0 Å². The van der Waals surface area contributed by atoms with E-state index in [-0.39, 0.29) is 0 Å². The molecule has 1 heterocycles. The Morgan fingerprint density at radius 3 is 2.41 bits per heavy atom. The second kappa shape index (κ2) is 5.15. The molecule has 0 unspecified atom stereocenters. The summed E-state index contributed by atoms with van der Waals surface area (Å²) in [6.07, 6.45) is 0. The Balaban J connectivity index is 1.84. The lowest BCUT2D eigenvalue weighted by atomic mass is 10.0. The molecule has 3 aromatic carbocycles. The summed E-state index contributed by atoms with van der Waals surface area (Å²) < 4.78 is 5.27. The molecule has 0 bridgehead atoms. The number of fused-ring (bicyclic) bond motifs is 2. The van der Waals surface area contributed by atoms with Gasteiger partial charge in [0.2, 0.25) is 0 Å². The van der Waals surface area contributed by atoms with Crippen molar-refractivity contribution in [1.82, 2.24) is 4.98 Å². The summed E-state index contributed by atoms with van der Waals surface area (Å²) in [4.78, 5) is 4.76. The second-order valence-electron chi connectivity index (χ2n) is 5.32. The van der Waals surface area contributed by atoms with Crippen LogP contribution in [0.4, 0.5) is 0 Å². The van der Waals surface area contributed by atoms with Crippen molar-refractivity contribution in [1.29, 1.82) is 0 Å². The molecule has 0 fully saturated rings. The largest absolute Gasteiger partial charge is 0.497 e. The number of rotatable bonds is 2. The van der Waals surface area contributed by atoms with E-state index in [1.54, 1.807) is 7.11 Å². The zero-order valence-corrected chi connectivity index (χ0v) is 12.3. The van der Waals surface area contributed by atoms with Crippen molar-refractivity contribution in [2.45, 2.75) is 0 Å². The lowest BCUT2D eigenvalue weighted by Gasteiger charge is -2.06. The monoisotopic (exact) mass is 285 g/mol. The van der Waals surface area contributed by atoms with Gasteiger partial charge in [-0.05, 0) is 41.1 Å². The van der Waals surface area contributed by atoms with Crippen LogP contribution in [-0.4, -0.2) is 12.1 Å². The van der Waals surface area contributed by atoms with Crippen molar-refractivity contribution >= 4 is 21.7 Å². The molecule has 0 radical (unpaired) electrons. The van der Waals surface area contributed by atoms with Crippen molar-refractivity contribution in [3.05, 3.63) is 72.8 Å². The van der Waals surface area contributed by atoms with Crippen LogP contribution >= 0.6 is 0 Å². The van der Waals surface area contributed by atoms with Crippen LogP contribution < -0.4 is 4.74 Å². The van der Waals surface area contributed by atoms with Crippen LogP contribution in [0.5, 0.6) is 5.75 Å². The molecule has 0 saturated heterocycles. The average molecular weight is 285 g/mol. The average Bonchev–Trinajstić information content (AvgIpc) is 2.60. The standard InChI is InChI=1S/C20H15NO/c1-22-18-10-8-15-12-17(7-6-16(15)13-18)20-11-9-14-4-2-3-5-19(14)21-20/h2-13H,1H3. The van der Waals surface area contributed by atoms with Gasteiger partial charge in [-0.1, -0.05) is 42.5 Å². The maximum absolute atomic E-state index is 5.27. The second-order valence-corrected chi connectivity index (χ2v) is 5.32. The van der Waals surface area contributed by atoms with Gasteiger partial charge >= 0.3 is 0 Å². The predicted octanol–water partition coefficient (Wildman–Crippen LogP) is 5.06. The molecule has 0 spiro atoms. The molecule has 4 aromatic rings. The summed E-state index contributed by atoms with van der Waals surface area (Å²) in [5.41, 5.74) is 3.15. The fraction of sp³-hybridized carbons (Fsp3) is 0.0500. The fourth-order valence-electron chi connectivity index (χ4n) is 2.74. The maximum atomic E-state index is 5.27. The summed E-state index contributed by atoms with van der Waals surface area (Å²) >= 11 is 0. The first-order valence-electron chi connectivity index (χ1n) is 7.27. The van der Waals surface area contributed by atoms with Gasteiger partial charge < -0.3 is 4.74 Å². The van der Waals surface area contributed by atoms with Gasteiger partial charge in [0.1, 0.15) is 5.75 Å². The van der Waals surface area contributed by atoms with Crippen molar-refractivity contribution < 1.29 is 4.74 Å². The van der Waals surface area contributed by atoms with Crippen molar-refractivity contribution in [3.8, 4) is 17.0 Å². The highest BCUT2D eigenvalue weighted by atomic mass is 16.5. The van der Waals surface area contributed by atoms with Gasteiger partial charge in [-0.2, -0.15) is 0 Å². The third-order valence-electron chi connectivity index (χ3n) is 3.94. The highest BCUT2D eigenvalue weighted by Crippen LogP contribution is 2.27. The van der Waals surface area contributed by atoms with E-state index in [1.807, 2.05) is 30.3 Å². The summed E-state index contributed by atoms with van der Waals surface area (Å²) in [6.45, 7) is 0. The SMILES string of the molecule is COc1ccc2cc(-c3ccc4ccccc4n3)ccc2c1. The van der Waals surface area contributed by atoms with Crippen LogP contribution in [-0.2, 0) is 0 Å². The van der Waals surface area contributed by atoms with Crippen LogP contribution in [0.25, 0.3) is 32.9 Å². The first-order valence-corrected chi connectivity index (χ1v) is 7.27. The van der Waals surface area contributed by atoms with Gasteiger partial charge in [0.25, 0.3) is 0 Å². The molecule has 1 aromatic heterocycles. The van der Waals surface area contributed by atoms with Crippen LogP contribution in [0.15, 0.2) is 72.8 Å². The third kappa shape index (κ3) is 2.19. The minimum atomic E-state index is 0.879. The Hall–Kier alpha value is -2.87. The van der Waals surface area contributed by atoms with E-state index in [4.69, 9.17) is 9.72 Å². The fourth-order valence-corrected chi connectivity index (χ4v) is 2.74. The number of benzene rings is 3. The molecule has 0 saturated carbocycles. The molecule has 0 aliphatic rings. The van der Waals surface area contributed by atoms with Gasteiger partial charge in [-0.25, -0.2) is 4.98 Å². The summed E-state index contributed by atoms with van der Waals surface area (Å²) in [5.74, 6) is 0.879. The Morgan fingerprint density at radius 2 is 1.50 bits per heavy atom. The molecule has 0 amide bonds. The Bertz CT molecular complexity index is 975. The number of hydrogen-bond acceptors (Lipinski definition) is 2. The highest BCUT2D eigenvalue weighted by Gasteiger charge is 2.03. The van der Waals surface area contributed by atoms with E-state index >= 15 is 0 Å². The Morgan fingerprint density at radius 1 is 0.727 bits per heavy atom. The number of pyridine rings is 1. The van der Waals surface area contributed by atoms with Crippen molar-refractivity contribution in [3.63, 3.8) is 0 Å². The first kappa shape index (κ1) is 12.8. The number of aromatic nitrogens is 1. The van der Waals surface area contributed by atoms with Crippen molar-refractivity contribution in [2.24, 2.45) is 0 Å². The maximum Gasteiger partial charge on any atom is 0.119 e. The molecule has 0 atom stereocenters. The predicted molar refractivity (Wildman–Crippen MR) is 91.2 cm³/mol. The third-order valence-corrected chi connectivity index (χ3v) is 3.94. The zero-order valence-electron chi connectivity index (χ0n) is 12.3. The zero-order chi connectivity index (χ0) is 14.9. The molecular formula is C20H15NO. The number of nitrogens with zero attached hydrogens (tertiary/aromatic N) is 1. The number of methoxy groups -OCH3 is 1. The summed E-state index contributed by atoms with van der Waals surface area (Å²) in [5, 5.41) is 3.52. The van der Waals surface area contributed by atoms with Crippen molar-refractivity contribution in [2.75, 3.05) is 7.11 Å². The van der Waals surface area contributed by atoms with E-state index in [0.29, 0.717) is 0 Å². The molecule has 0 N–H and O–H groups in total. The van der Waals surface area contributed by atoms with Crippen LogP contribution in [0.1, 0.15) is 0 Å². The molecule has 106 valence electrons. The van der Waals surface area contributed by atoms with Crippen LogP contribution in [0, 0.1) is 0 Å². The Kier molecular flexibility index (Phi) is 3.01. The quantitative estimate of drug-likeness (QED) is 0.513. The van der Waals surface area contributed by atoms with Gasteiger partial charge in [0.15, 0.2) is 0 Å². The lowest BCUT2D eigenvalue weighted by molar-refractivity contribution is 0.415. The van der Waals surface area contributed by atoms with Crippen LogP contribution in [0.2, 0.25) is 0 Å². The minimum absolute atomic E-state index is 0.879. The summed E-state index contributed by atoms with van der Waals surface area (Å²) in [6, 6.07) is 24.9. The van der Waals surface area contributed by atoms with E-state index in [2.05, 4.69) is 42.5 Å². The Labute approximate surface area is 129 Å². The molecule has 0 aliphatic carbocycles. The molecule has 0 aliphatic heterocycles. The topological polar surface area (TPSA) is 22.1 Å². The molecule has 2 nitrogen and oxygen atoms in total. The number of para-hydroxylation sites is 1. The minimum Gasteiger partial charge on any atom is -0.497 e. The normalized spacial score (nSPS) is 11.0. The highest BCUT2D eigenvalue weighted by molar-refractivity contribution is 5.89. The molecule has 22 heavy (non-hydrogen) atoms. The first-order chi connectivity index (χ1) is 10.8. The van der Waals surface area contributed by atoms with E-state index in [9.17, 15) is 0 Å². The number of ether oxygens (including phenoxy) is 1.